The van der Waals surface area contributed by atoms with E-state index in [9.17, 15) is 4.79 Å². The van der Waals surface area contributed by atoms with Crippen molar-refractivity contribution in [2.45, 2.75) is 38.8 Å². The number of aromatic amines is 2. The standard InChI is InChI=1S/C14H18N8O/c1-2-21-8-17-10-12(21)15-7-16-13(10)22-6-4-3-5-9(22)11-18-14(23)20-19-11/h7-9H,2-6H2,1H3,(H2,18,19,20,23). The molecule has 9 nitrogen and oxygen atoms in total. The molecule has 1 atom stereocenters. The lowest BCUT2D eigenvalue weighted by molar-refractivity contribution is 0.454. The minimum Gasteiger partial charge on any atom is -0.344 e. The summed E-state index contributed by atoms with van der Waals surface area (Å²) in [5.41, 5.74) is 1.34. The molecule has 3 aromatic heterocycles. The molecule has 3 aromatic rings. The van der Waals surface area contributed by atoms with Crippen molar-refractivity contribution in [2.75, 3.05) is 11.4 Å². The number of aryl methyl sites for hydroxylation is 1. The number of H-pyrrole nitrogens is 2. The van der Waals surface area contributed by atoms with Crippen LogP contribution in [0.15, 0.2) is 17.4 Å². The molecule has 0 saturated carbocycles. The van der Waals surface area contributed by atoms with Crippen LogP contribution in [-0.4, -0.2) is 41.2 Å². The highest BCUT2D eigenvalue weighted by Crippen LogP contribution is 2.34. The Hall–Kier alpha value is -2.71. The number of aromatic nitrogens is 7. The van der Waals surface area contributed by atoms with Gasteiger partial charge in [-0.2, -0.15) is 5.10 Å². The number of imidazole rings is 1. The van der Waals surface area contributed by atoms with Gasteiger partial charge in [-0.15, -0.1) is 0 Å². The van der Waals surface area contributed by atoms with Crippen LogP contribution < -0.4 is 10.6 Å². The second kappa shape index (κ2) is 5.49. The molecule has 2 N–H and O–H groups in total. The van der Waals surface area contributed by atoms with Gasteiger partial charge in [0.2, 0.25) is 0 Å². The first kappa shape index (κ1) is 13.9. The molecule has 4 heterocycles. The monoisotopic (exact) mass is 314 g/mol. The summed E-state index contributed by atoms with van der Waals surface area (Å²) >= 11 is 0. The van der Waals surface area contributed by atoms with E-state index < -0.39 is 0 Å². The van der Waals surface area contributed by atoms with E-state index in [2.05, 4.69) is 42.0 Å². The van der Waals surface area contributed by atoms with Gasteiger partial charge in [0, 0.05) is 13.1 Å². The highest BCUT2D eigenvalue weighted by atomic mass is 16.1. The molecule has 4 rings (SSSR count). The molecule has 0 aromatic carbocycles. The van der Waals surface area contributed by atoms with Gasteiger partial charge in [0.05, 0.1) is 12.4 Å². The highest BCUT2D eigenvalue weighted by Gasteiger charge is 2.29. The molecular weight excluding hydrogens is 296 g/mol. The van der Waals surface area contributed by atoms with Gasteiger partial charge < -0.3 is 9.47 Å². The zero-order valence-corrected chi connectivity index (χ0v) is 12.9. The maximum atomic E-state index is 11.4. The van der Waals surface area contributed by atoms with E-state index in [1.807, 2.05) is 4.57 Å². The van der Waals surface area contributed by atoms with E-state index >= 15 is 0 Å². The summed E-state index contributed by atoms with van der Waals surface area (Å²) in [6.07, 6.45) is 6.45. The van der Waals surface area contributed by atoms with Crippen LogP contribution in [0.4, 0.5) is 5.82 Å². The third kappa shape index (κ3) is 2.28. The Morgan fingerprint density at radius 3 is 3.00 bits per heavy atom. The van der Waals surface area contributed by atoms with Crippen LogP contribution in [0, 0.1) is 0 Å². The SMILES string of the molecule is CCn1cnc2c(N3CCCCC3c3n[nH]c(=O)[nH]3)ncnc21. The van der Waals surface area contributed by atoms with E-state index in [1.54, 1.807) is 12.7 Å². The molecule has 1 aliphatic heterocycles. The molecule has 9 heteroatoms. The second-order valence-corrected chi connectivity index (χ2v) is 5.67. The minimum atomic E-state index is -0.284. The van der Waals surface area contributed by atoms with Crippen molar-refractivity contribution in [2.24, 2.45) is 0 Å². The van der Waals surface area contributed by atoms with Crippen LogP contribution in [0.5, 0.6) is 0 Å². The first-order valence-electron chi connectivity index (χ1n) is 7.85. The predicted octanol–water partition coefficient (Wildman–Crippen LogP) is 0.989. The molecule has 0 bridgehead atoms. The minimum absolute atomic E-state index is 0.00687. The Kier molecular flexibility index (Phi) is 3.32. The normalized spacial score (nSPS) is 18.7. The predicted molar refractivity (Wildman–Crippen MR) is 84.1 cm³/mol. The first-order chi connectivity index (χ1) is 11.3. The van der Waals surface area contributed by atoms with Crippen LogP contribution in [-0.2, 0) is 6.54 Å². The number of anilines is 1. The Morgan fingerprint density at radius 2 is 2.22 bits per heavy atom. The summed E-state index contributed by atoms with van der Waals surface area (Å²) in [6.45, 7) is 3.72. The van der Waals surface area contributed by atoms with Gasteiger partial charge in [0.15, 0.2) is 22.8 Å². The maximum Gasteiger partial charge on any atom is 0.340 e. The highest BCUT2D eigenvalue weighted by molar-refractivity contribution is 5.83. The molecule has 0 amide bonds. The summed E-state index contributed by atoms with van der Waals surface area (Å²) in [6, 6.07) is -0.00687. The average Bonchev–Trinajstić information content (AvgIpc) is 3.20. The van der Waals surface area contributed by atoms with E-state index in [4.69, 9.17) is 0 Å². The van der Waals surface area contributed by atoms with Crippen molar-refractivity contribution < 1.29 is 0 Å². The molecule has 0 radical (unpaired) electrons. The van der Waals surface area contributed by atoms with Crippen molar-refractivity contribution in [1.29, 1.82) is 0 Å². The van der Waals surface area contributed by atoms with Gasteiger partial charge in [-0.05, 0) is 26.2 Å². The van der Waals surface area contributed by atoms with E-state index in [0.29, 0.717) is 5.82 Å². The zero-order valence-electron chi connectivity index (χ0n) is 12.9. The number of fused-ring (bicyclic) bond motifs is 1. The third-order valence-corrected chi connectivity index (χ3v) is 4.33. The van der Waals surface area contributed by atoms with Crippen molar-refractivity contribution in [3.8, 4) is 0 Å². The summed E-state index contributed by atoms with van der Waals surface area (Å²) in [4.78, 5) is 29.7. The zero-order chi connectivity index (χ0) is 15.8. The first-order valence-corrected chi connectivity index (χ1v) is 7.85. The van der Waals surface area contributed by atoms with Gasteiger partial charge in [-0.1, -0.05) is 0 Å². The van der Waals surface area contributed by atoms with Gasteiger partial charge in [-0.3, -0.25) is 4.98 Å². The third-order valence-electron chi connectivity index (χ3n) is 4.33. The van der Waals surface area contributed by atoms with Crippen molar-refractivity contribution in [3.05, 3.63) is 29.0 Å². The van der Waals surface area contributed by atoms with Crippen molar-refractivity contribution in [3.63, 3.8) is 0 Å². The van der Waals surface area contributed by atoms with Crippen LogP contribution in [0.3, 0.4) is 0 Å². The van der Waals surface area contributed by atoms with Gasteiger partial charge in [0.25, 0.3) is 0 Å². The molecule has 0 spiro atoms. The molecule has 120 valence electrons. The summed E-state index contributed by atoms with van der Waals surface area (Å²) in [5, 5.41) is 6.56. The molecule has 0 aliphatic carbocycles. The van der Waals surface area contributed by atoms with Crippen LogP contribution in [0.2, 0.25) is 0 Å². The Balaban J connectivity index is 1.81. The van der Waals surface area contributed by atoms with Gasteiger partial charge >= 0.3 is 5.69 Å². The lowest BCUT2D eigenvalue weighted by atomic mass is 10.0. The molecule has 1 aliphatic rings. The molecule has 1 fully saturated rings. The smallest absolute Gasteiger partial charge is 0.340 e. The average molecular weight is 314 g/mol. The lowest BCUT2D eigenvalue weighted by Crippen LogP contribution is -2.35. The van der Waals surface area contributed by atoms with Gasteiger partial charge in [-0.25, -0.2) is 24.8 Å². The molecular formula is C14H18N8O. The Labute approximate surface area is 131 Å². The fourth-order valence-electron chi connectivity index (χ4n) is 3.22. The second-order valence-electron chi connectivity index (χ2n) is 5.67. The fraction of sp³-hybridized carbons (Fsp3) is 0.500. The number of nitrogens with one attached hydrogen (secondary N) is 2. The fourth-order valence-corrected chi connectivity index (χ4v) is 3.22. The number of hydrogen-bond donors (Lipinski definition) is 2. The number of rotatable bonds is 3. The summed E-state index contributed by atoms with van der Waals surface area (Å²) in [5.74, 6) is 1.45. The topological polar surface area (TPSA) is 108 Å². The van der Waals surface area contributed by atoms with E-state index in [0.717, 1.165) is 49.3 Å². The molecule has 1 unspecified atom stereocenters. The number of nitrogens with zero attached hydrogens (tertiary/aromatic N) is 6. The Morgan fingerprint density at radius 1 is 1.30 bits per heavy atom. The van der Waals surface area contributed by atoms with Crippen LogP contribution >= 0.6 is 0 Å². The Bertz CT molecular complexity index is 878. The summed E-state index contributed by atoms with van der Waals surface area (Å²) < 4.78 is 2.00. The van der Waals surface area contributed by atoms with Crippen LogP contribution in [0.25, 0.3) is 11.2 Å². The van der Waals surface area contributed by atoms with E-state index in [-0.39, 0.29) is 11.7 Å². The summed E-state index contributed by atoms with van der Waals surface area (Å²) in [7, 11) is 0. The lowest BCUT2D eigenvalue weighted by Gasteiger charge is -2.35. The maximum absolute atomic E-state index is 11.4. The quantitative estimate of drug-likeness (QED) is 0.746. The van der Waals surface area contributed by atoms with Crippen molar-refractivity contribution >= 4 is 17.0 Å². The molecule has 1 saturated heterocycles. The number of hydrogen-bond acceptors (Lipinski definition) is 6. The van der Waals surface area contributed by atoms with E-state index in [1.165, 1.54) is 0 Å². The number of piperidine rings is 1. The largest absolute Gasteiger partial charge is 0.344 e. The molecule has 23 heavy (non-hydrogen) atoms. The van der Waals surface area contributed by atoms with Crippen LogP contribution in [0.1, 0.15) is 38.1 Å². The van der Waals surface area contributed by atoms with Crippen molar-refractivity contribution in [1.82, 2.24) is 34.7 Å². The van der Waals surface area contributed by atoms with Gasteiger partial charge in [0.1, 0.15) is 6.33 Å².